The highest BCUT2D eigenvalue weighted by molar-refractivity contribution is 9.11. The number of nitrogens with two attached hydrogens (primary N) is 1. The summed E-state index contributed by atoms with van der Waals surface area (Å²) >= 11 is 5.11. The molecule has 170 valence electrons. The first-order chi connectivity index (χ1) is 13.6. The van der Waals surface area contributed by atoms with Crippen LogP contribution in [0.1, 0.15) is 34.4 Å². The van der Waals surface area contributed by atoms with Gasteiger partial charge >= 0.3 is 6.18 Å². The van der Waals surface area contributed by atoms with Crippen LogP contribution in [0, 0.1) is 6.92 Å². The van der Waals surface area contributed by atoms with Crippen LogP contribution < -0.4 is 10.5 Å². The average molecular weight is 533 g/mol. The predicted octanol–water partition coefficient (Wildman–Crippen LogP) is 4.89. The minimum absolute atomic E-state index is 0. The summed E-state index contributed by atoms with van der Waals surface area (Å²) in [6.45, 7) is 1.28. The Balaban J connectivity index is 0.00000450. The second-order valence-corrected chi connectivity index (χ2v) is 9.69. The van der Waals surface area contributed by atoms with Crippen molar-refractivity contribution in [3.8, 4) is 5.75 Å². The maximum Gasteiger partial charge on any atom is 0.419 e. The lowest BCUT2D eigenvalue weighted by Gasteiger charge is -2.24. The van der Waals surface area contributed by atoms with E-state index in [0.29, 0.717) is 18.4 Å². The first kappa shape index (κ1) is 27.2. The van der Waals surface area contributed by atoms with Gasteiger partial charge in [-0.1, -0.05) is 6.07 Å². The molecule has 1 heterocycles. The number of aliphatic hydroxyl groups is 2. The van der Waals surface area contributed by atoms with Crippen LogP contribution in [0.2, 0.25) is 0 Å². The van der Waals surface area contributed by atoms with E-state index in [1.807, 2.05) is 6.92 Å². The summed E-state index contributed by atoms with van der Waals surface area (Å²) in [6, 6.07) is 5.97. The Morgan fingerprint density at radius 3 is 2.33 bits per heavy atom. The normalized spacial score (nSPS) is 12.0. The van der Waals surface area contributed by atoms with E-state index in [1.54, 1.807) is 17.4 Å². The lowest BCUT2D eigenvalue weighted by molar-refractivity contribution is -0.139. The summed E-state index contributed by atoms with van der Waals surface area (Å²) in [6.07, 6.45) is -2.88. The molecule has 0 saturated carbocycles. The zero-order valence-electron chi connectivity index (χ0n) is 16.5. The highest BCUT2D eigenvalue weighted by Gasteiger charge is 2.35. The maximum atomic E-state index is 13.5. The minimum Gasteiger partial charge on any atom is -0.493 e. The summed E-state index contributed by atoms with van der Waals surface area (Å²) < 4.78 is 46.9. The Kier molecular flexibility index (Phi) is 10.6. The molecule has 0 atom stereocenters. The molecule has 0 bridgehead atoms. The van der Waals surface area contributed by atoms with Crippen LogP contribution in [-0.4, -0.2) is 35.6 Å². The molecule has 30 heavy (non-hydrogen) atoms. The number of benzene rings is 1. The molecular weight excluding hydrogens is 507 g/mol. The van der Waals surface area contributed by atoms with Crippen LogP contribution in [0.3, 0.4) is 0 Å². The SMILES string of the molecule is Cc1cc(CCCOc2ccc(CCC(N)(CO)CO)cc2C(F)(F)F)c(Br)s1.Cl. The van der Waals surface area contributed by atoms with E-state index in [0.717, 1.165) is 15.4 Å². The lowest BCUT2D eigenvalue weighted by Crippen LogP contribution is -2.47. The van der Waals surface area contributed by atoms with Crippen molar-refractivity contribution in [2.24, 2.45) is 5.73 Å². The van der Waals surface area contributed by atoms with Gasteiger partial charge in [0.05, 0.1) is 34.7 Å². The van der Waals surface area contributed by atoms with E-state index in [1.165, 1.54) is 10.9 Å². The predicted molar refractivity (Wildman–Crippen MR) is 119 cm³/mol. The van der Waals surface area contributed by atoms with Crippen LogP contribution in [0.5, 0.6) is 5.75 Å². The first-order valence-corrected chi connectivity index (χ1v) is 10.8. The molecule has 0 saturated heterocycles. The zero-order chi connectivity index (χ0) is 21.7. The van der Waals surface area contributed by atoms with Gasteiger partial charge in [0.1, 0.15) is 5.75 Å². The van der Waals surface area contributed by atoms with E-state index in [4.69, 9.17) is 10.5 Å². The molecule has 0 aliphatic heterocycles. The molecule has 2 rings (SSSR count). The van der Waals surface area contributed by atoms with Gasteiger partial charge < -0.3 is 20.7 Å². The van der Waals surface area contributed by atoms with Gasteiger partial charge in [-0.25, -0.2) is 0 Å². The van der Waals surface area contributed by atoms with Crippen molar-refractivity contribution in [1.29, 1.82) is 0 Å². The van der Waals surface area contributed by atoms with Crippen molar-refractivity contribution in [3.05, 3.63) is 49.6 Å². The molecule has 0 amide bonds. The molecule has 2 aromatic rings. The molecule has 0 aliphatic rings. The Morgan fingerprint density at radius 2 is 1.80 bits per heavy atom. The zero-order valence-corrected chi connectivity index (χ0v) is 19.7. The molecule has 0 fully saturated rings. The van der Waals surface area contributed by atoms with Crippen LogP contribution in [0.25, 0.3) is 0 Å². The lowest BCUT2D eigenvalue weighted by atomic mass is 9.93. The van der Waals surface area contributed by atoms with Gasteiger partial charge in [-0.2, -0.15) is 13.2 Å². The number of ether oxygens (including phenoxy) is 1. The number of aryl methyl sites for hydroxylation is 3. The highest BCUT2D eigenvalue weighted by atomic mass is 79.9. The molecule has 10 heteroatoms. The quantitative estimate of drug-likeness (QED) is 0.381. The highest BCUT2D eigenvalue weighted by Crippen LogP contribution is 2.37. The molecule has 0 unspecified atom stereocenters. The summed E-state index contributed by atoms with van der Waals surface area (Å²) in [7, 11) is 0. The van der Waals surface area contributed by atoms with Crippen molar-refractivity contribution in [2.75, 3.05) is 19.8 Å². The molecule has 4 N–H and O–H groups in total. The fourth-order valence-electron chi connectivity index (χ4n) is 2.84. The summed E-state index contributed by atoms with van der Waals surface area (Å²) in [5.74, 6) is -0.204. The van der Waals surface area contributed by atoms with Gasteiger partial charge in [-0.3, -0.25) is 0 Å². The van der Waals surface area contributed by atoms with Crippen molar-refractivity contribution in [3.63, 3.8) is 0 Å². The molecule has 1 aromatic carbocycles. The number of halogens is 5. The van der Waals surface area contributed by atoms with Gasteiger partial charge in [-0.05, 0) is 77.9 Å². The van der Waals surface area contributed by atoms with Crippen molar-refractivity contribution >= 4 is 39.7 Å². The van der Waals surface area contributed by atoms with Gasteiger partial charge in [-0.15, -0.1) is 23.7 Å². The van der Waals surface area contributed by atoms with Gasteiger partial charge in [0.25, 0.3) is 0 Å². The smallest absolute Gasteiger partial charge is 0.419 e. The first-order valence-electron chi connectivity index (χ1n) is 9.16. The number of thiophene rings is 1. The third kappa shape index (κ3) is 7.69. The monoisotopic (exact) mass is 531 g/mol. The summed E-state index contributed by atoms with van der Waals surface area (Å²) in [5.41, 5.74) is 5.28. The minimum atomic E-state index is -4.55. The standard InChI is InChI=1S/C20H25BrF3NO3S.ClH/c1-13-9-15(18(21)29-13)3-2-8-28-17-5-4-14(10-16(17)20(22,23)24)6-7-19(25,11-26)12-27;/h4-5,9-10,26-27H,2-3,6-8,11-12,25H2,1H3;1H. The third-order valence-corrected chi connectivity index (χ3v) is 6.50. The van der Waals surface area contributed by atoms with E-state index in [2.05, 4.69) is 22.0 Å². The Hall–Kier alpha value is -0.840. The second kappa shape index (κ2) is 11.7. The number of aliphatic hydroxyl groups excluding tert-OH is 2. The largest absolute Gasteiger partial charge is 0.493 e. The Bertz CT molecular complexity index is 813. The number of rotatable bonds is 10. The molecule has 0 spiro atoms. The molecule has 1 aromatic heterocycles. The molecular formula is C20H26BrClF3NO3S. The van der Waals surface area contributed by atoms with Gasteiger partial charge in [0.15, 0.2) is 0 Å². The average Bonchev–Trinajstić information content (AvgIpc) is 3.00. The summed E-state index contributed by atoms with van der Waals surface area (Å²) in [5, 5.41) is 18.5. The van der Waals surface area contributed by atoms with E-state index in [9.17, 15) is 23.4 Å². The van der Waals surface area contributed by atoms with Gasteiger partial charge in [0, 0.05) is 4.88 Å². The van der Waals surface area contributed by atoms with Crippen LogP contribution in [0.4, 0.5) is 13.2 Å². The fourth-order valence-corrected chi connectivity index (χ4v) is 4.69. The van der Waals surface area contributed by atoms with Crippen molar-refractivity contribution < 1.29 is 28.1 Å². The van der Waals surface area contributed by atoms with Crippen LogP contribution >= 0.6 is 39.7 Å². The Morgan fingerprint density at radius 1 is 1.13 bits per heavy atom. The molecule has 0 aliphatic carbocycles. The van der Waals surface area contributed by atoms with E-state index >= 15 is 0 Å². The molecule has 0 radical (unpaired) electrons. The maximum absolute atomic E-state index is 13.5. The van der Waals surface area contributed by atoms with Crippen LogP contribution in [0.15, 0.2) is 28.1 Å². The fraction of sp³-hybridized carbons (Fsp3) is 0.500. The van der Waals surface area contributed by atoms with Gasteiger partial charge in [0.2, 0.25) is 0 Å². The third-order valence-electron chi connectivity index (χ3n) is 4.62. The van der Waals surface area contributed by atoms with E-state index in [-0.39, 0.29) is 37.6 Å². The Labute approximate surface area is 192 Å². The topological polar surface area (TPSA) is 75.7 Å². The molecule has 4 nitrogen and oxygen atoms in total. The second-order valence-electron chi connectivity index (χ2n) is 7.11. The van der Waals surface area contributed by atoms with Crippen molar-refractivity contribution in [2.45, 2.75) is 44.3 Å². The number of alkyl halides is 3. The number of hydrogen-bond acceptors (Lipinski definition) is 5. The van der Waals surface area contributed by atoms with E-state index < -0.39 is 30.5 Å². The van der Waals surface area contributed by atoms with Crippen LogP contribution in [-0.2, 0) is 19.0 Å². The number of hydrogen-bond donors (Lipinski definition) is 3. The summed E-state index contributed by atoms with van der Waals surface area (Å²) in [4.78, 5) is 1.17. The van der Waals surface area contributed by atoms with Crippen molar-refractivity contribution in [1.82, 2.24) is 0 Å².